The van der Waals surface area contributed by atoms with Crippen molar-refractivity contribution in [3.05, 3.63) is 74.8 Å². The molecular weight excluding hydrogens is 488 g/mol. The fourth-order valence-electron chi connectivity index (χ4n) is 2.72. The molecule has 0 unspecified atom stereocenters. The average molecular weight is 506 g/mol. The van der Waals surface area contributed by atoms with Crippen LogP contribution in [0.15, 0.2) is 45.4 Å². The summed E-state index contributed by atoms with van der Waals surface area (Å²) in [6.45, 7) is 5.32. The summed E-state index contributed by atoms with van der Waals surface area (Å²) < 4.78 is 26.6. The maximum absolute atomic E-state index is 15.3. The molecule has 7 nitrogen and oxygen atoms in total. The van der Waals surface area contributed by atoms with Crippen molar-refractivity contribution in [1.29, 1.82) is 5.26 Å². The van der Waals surface area contributed by atoms with Gasteiger partial charge in [0.2, 0.25) is 5.89 Å². The number of rotatable bonds is 9. The molecule has 0 radical (unpaired) electrons. The largest absolute Gasteiger partial charge is 0.453 e. The van der Waals surface area contributed by atoms with Crippen LogP contribution in [-0.2, 0) is 6.42 Å². The Morgan fingerprint density at radius 3 is 2.82 bits per heavy atom. The van der Waals surface area contributed by atoms with Crippen molar-refractivity contribution in [2.75, 3.05) is 12.9 Å². The molecule has 0 aliphatic carbocycles. The van der Waals surface area contributed by atoms with E-state index < -0.39 is 5.82 Å². The van der Waals surface area contributed by atoms with Crippen molar-refractivity contribution in [2.24, 2.45) is 4.99 Å². The summed E-state index contributed by atoms with van der Waals surface area (Å²) in [7, 11) is 1.81. The molecule has 0 fully saturated rings. The summed E-state index contributed by atoms with van der Waals surface area (Å²) in [5.74, 6) is 0.362. The Balaban J connectivity index is 1.88. The average Bonchev–Trinajstić information content (AvgIpc) is 3.26. The number of ether oxygens (including phenoxy) is 1. The number of hydrogen-bond donors (Lipinski definition) is 1. The lowest BCUT2D eigenvalue weighted by Crippen LogP contribution is -2.04. The van der Waals surface area contributed by atoms with E-state index in [-0.39, 0.29) is 50.9 Å². The number of allylic oxidation sites excluding steroid dienone is 1. The fraction of sp³-hybridized carbons (Fsp3) is 0.182. The van der Waals surface area contributed by atoms with E-state index in [1.807, 2.05) is 13.1 Å². The number of halogens is 3. The SMILES string of the molecule is C=N/C(C)=C(\SCNC)c1nnc(Cc2ccc(Cl)c(Oc3cc(Cl)cc(C#N)c3)c2F)o1. The van der Waals surface area contributed by atoms with Crippen molar-refractivity contribution in [3.8, 4) is 17.6 Å². The summed E-state index contributed by atoms with van der Waals surface area (Å²) in [6.07, 6.45) is 0.00982. The maximum atomic E-state index is 15.3. The molecule has 33 heavy (non-hydrogen) atoms. The topological polar surface area (TPSA) is 96.3 Å². The zero-order valence-corrected chi connectivity index (χ0v) is 20.0. The lowest BCUT2D eigenvalue weighted by Gasteiger charge is -2.12. The van der Waals surface area contributed by atoms with Crippen LogP contribution in [0.25, 0.3) is 4.91 Å². The Morgan fingerprint density at radius 1 is 1.33 bits per heavy atom. The molecule has 0 aliphatic heterocycles. The van der Waals surface area contributed by atoms with E-state index in [4.69, 9.17) is 37.6 Å². The standard InChI is InChI=1S/C22H18Cl2FN5O2S/c1-12(28-3)21(33-11-27-2)22-30-29-18(32-22)8-14-4-5-17(24)20(19(14)25)31-16-7-13(10-26)6-15(23)9-16/h4-7,9,27H,3,8,11H2,1-2H3/b21-12-. The zero-order chi connectivity index (χ0) is 24.0. The quantitative estimate of drug-likeness (QED) is 0.278. The molecule has 0 saturated carbocycles. The van der Waals surface area contributed by atoms with E-state index in [0.29, 0.717) is 16.5 Å². The Morgan fingerprint density at radius 2 is 2.12 bits per heavy atom. The van der Waals surface area contributed by atoms with Crippen LogP contribution in [0, 0.1) is 17.1 Å². The summed E-state index contributed by atoms with van der Waals surface area (Å²) in [4.78, 5) is 4.61. The molecule has 0 bridgehead atoms. The Labute approximate surface area is 204 Å². The minimum atomic E-state index is -0.690. The van der Waals surface area contributed by atoms with Gasteiger partial charge in [-0.3, -0.25) is 4.99 Å². The second-order valence-electron chi connectivity index (χ2n) is 6.63. The van der Waals surface area contributed by atoms with Gasteiger partial charge >= 0.3 is 0 Å². The van der Waals surface area contributed by atoms with Crippen molar-refractivity contribution >= 4 is 46.6 Å². The highest BCUT2D eigenvalue weighted by Crippen LogP contribution is 2.36. The number of nitrogens with one attached hydrogen (secondary N) is 1. The van der Waals surface area contributed by atoms with Crippen molar-refractivity contribution in [1.82, 2.24) is 15.5 Å². The van der Waals surface area contributed by atoms with Crippen LogP contribution < -0.4 is 10.1 Å². The first-order valence-electron chi connectivity index (χ1n) is 9.49. The summed E-state index contributed by atoms with van der Waals surface area (Å²) in [5, 5.41) is 20.5. The molecule has 3 rings (SSSR count). The van der Waals surface area contributed by atoms with Crippen LogP contribution in [0.3, 0.4) is 0 Å². The minimum absolute atomic E-state index is 0.00982. The van der Waals surface area contributed by atoms with Gasteiger partial charge in [-0.1, -0.05) is 29.3 Å². The van der Waals surface area contributed by atoms with Gasteiger partial charge in [-0.15, -0.1) is 22.0 Å². The molecule has 1 heterocycles. The van der Waals surface area contributed by atoms with Crippen LogP contribution in [-0.4, -0.2) is 29.8 Å². The lowest BCUT2D eigenvalue weighted by atomic mass is 10.1. The second-order valence-corrected chi connectivity index (χ2v) is 8.46. The van der Waals surface area contributed by atoms with Gasteiger partial charge in [0.25, 0.3) is 5.89 Å². The molecule has 0 atom stereocenters. The summed E-state index contributed by atoms with van der Waals surface area (Å²) in [5.41, 5.74) is 1.14. The van der Waals surface area contributed by atoms with Crippen LogP contribution >= 0.6 is 35.0 Å². The monoisotopic (exact) mass is 505 g/mol. The molecule has 0 saturated heterocycles. The van der Waals surface area contributed by atoms with E-state index in [1.165, 1.54) is 42.1 Å². The highest BCUT2D eigenvalue weighted by Gasteiger charge is 2.20. The molecule has 2 aromatic carbocycles. The Kier molecular flexibility index (Phi) is 8.47. The third kappa shape index (κ3) is 6.12. The van der Waals surface area contributed by atoms with Gasteiger partial charge in [-0.05, 0) is 45.0 Å². The van der Waals surface area contributed by atoms with Gasteiger partial charge in [0.15, 0.2) is 11.6 Å². The molecule has 1 N–H and O–H groups in total. The first kappa shape index (κ1) is 24.7. The van der Waals surface area contributed by atoms with Gasteiger partial charge in [-0.2, -0.15) is 5.26 Å². The van der Waals surface area contributed by atoms with E-state index >= 15 is 4.39 Å². The van der Waals surface area contributed by atoms with Gasteiger partial charge in [-0.25, -0.2) is 4.39 Å². The lowest BCUT2D eigenvalue weighted by molar-refractivity contribution is 0.436. The molecule has 0 aliphatic rings. The van der Waals surface area contributed by atoms with Crippen LogP contribution in [0.2, 0.25) is 10.0 Å². The molecule has 170 valence electrons. The number of aromatic nitrogens is 2. The number of nitrogens with zero attached hydrogens (tertiary/aromatic N) is 4. The van der Waals surface area contributed by atoms with Crippen molar-refractivity contribution in [2.45, 2.75) is 13.3 Å². The summed E-state index contributed by atoms with van der Waals surface area (Å²) >= 11 is 13.6. The first-order chi connectivity index (χ1) is 15.9. The molecule has 11 heteroatoms. The van der Waals surface area contributed by atoms with Crippen LogP contribution in [0.5, 0.6) is 11.5 Å². The molecule has 0 amide bonds. The number of hydrogen-bond acceptors (Lipinski definition) is 8. The minimum Gasteiger partial charge on any atom is -0.453 e. The van der Waals surface area contributed by atoms with Gasteiger partial charge in [0.1, 0.15) is 5.75 Å². The number of benzene rings is 2. The first-order valence-corrected chi connectivity index (χ1v) is 11.2. The van der Waals surface area contributed by atoms with E-state index in [0.717, 1.165) is 0 Å². The Hall–Kier alpha value is -2.90. The predicted octanol–water partition coefficient (Wildman–Crippen LogP) is 6.07. The van der Waals surface area contributed by atoms with E-state index in [2.05, 4.69) is 27.2 Å². The fourth-order valence-corrected chi connectivity index (χ4v) is 3.90. The highest BCUT2D eigenvalue weighted by atomic mass is 35.5. The predicted molar refractivity (Wildman–Crippen MR) is 128 cm³/mol. The molecular formula is C22H18Cl2FN5O2S. The number of thioether (sulfide) groups is 1. The Bertz CT molecular complexity index is 1260. The van der Waals surface area contributed by atoms with E-state index in [9.17, 15) is 0 Å². The van der Waals surface area contributed by atoms with Crippen molar-refractivity contribution < 1.29 is 13.5 Å². The van der Waals surface area contributed by atoms with Crippen LogP contribution in [0.4, 0.5) is 4.39 Å². The zero-order valence-electron chi connectivity index (χ0n) is 17.7. The number of nitriles is 1. The molecule has 3 aromatic rings. The van der Waals surface area contributed by atoms with Gasteiger partial charge in [0.05, 0.1) is 33.7 Å². The van der Waals surface area contributed by atoms with Gasteiger partial charge in [0, 0.05) is 16.5 Å². The third-order valence-electron chi connectivity index (χ3n) is 4.28. The smallest absolute Gasteiger partial charge is 0.255 e. The van der Waals surface area contributed by atoms with Gasteiger partial charge < -0.3 is 14.5 Å². The maximum Gasteiger partial charge on any atom is 0.255 e. The summed E-state index contributed by atoms with van der Waals surface area (Å²) in [6, 6.07) is 9.34. The third-order valence-corrected chi connectivity index (χ3v) is 5.99. The molecule has 0 spiro atoms. The van der Waals surface area contributed by atoms with Crippen molar-refractivity contribution in [3.63, 3.8) is 0 Å². The molecule has 1 aromatic heterocycles. The van der Waals surface area contributed by atoms with E-state index in [1.54, 1.807) is 6.92 Å². The highest BCUT2D eigenvalue weighted by molar-refractivity contribution is 8.08. The normalized spacial score (nSPS) is 11.6. The number of aliphatic imine (C=N–C) groups is 1. The second kappa shape index (κ2) is 11.3. The van der Waals surface area contributed by atoms with Crippen LogP contribution in [0.1, 0.15) is 29.8 Å².